The van der Waals surface area contributed by atoms with Crippen molar-refractivity contribution >= 4 is 0 Å². The predicted molar refractivity (Wildman–Crippen MR) is 95.1 cm³/mol. The number of nitrogens with zero attached hydrogens (tertiary/aromatic N) is 4. The molecule has 0 atom stereocenters. The lowest BCUT2D eigenvalue weighted by Gasteiger charge is -2.26. The molecule has 0 unspecified atom stereocenters. The van der Waals surface area contributed by atoms with Crippen molar-refractivity contribution in [1.29, 1.82) is 0 Å². The van der Waals surface area contributed by atoms with E-state index >= 15 is 0 Å². The third kappa shape index (κ3) is 9.56. The second-order valence-corrected chi connectivity index (χ2v) is 5.91. The normalized spacial score (nSPS) is 15.6. The van der Waals surface area contributed by atoms with Gasteiger partial charge in [0.2, 0.25) is 0 Å². The van der Waals surface area contributed by atoms with Crippen LogP contribution in [0, 0.1) is 0 Å². The van der Waals surface area contributed by atoms with Gasteiger partial charge in [-0.1, -0.05) is 5.21 Å². The van der Waals surface area contributed by atoms with Gasteiger partial charge in [0.15, 0.2) is 0 Å². The standard InChI is InChI=1S/C17H32N4O5/c1-2-21-15-17(18-19-21)16-26-14-13-25-12-11-24-10-9-23-8-5-20-3-6-22-7-4-20/h15H,2-14,16H2,1H3. The molecular weight excluding hydrogens is 340 g/mol. The Hall–Kier alpha value is -1.10. The average Bonchev–Trinajstić information content (AvgIpc) is 3.14. The molecule has 0 aromatic carbocycles. The predicted octanol–water partition coefficient (Wildman–Crippen LogP) is 0.197. The molecule has 1 aromatic heterocycles. The molecule has 0 bridgehead atoms. The first-order valence-electron chi connectivity index (χ1n) is 9.38. The monoisotopic (exact) mass is 372 g/mol. The van der Waals surface area contributed by atoms with E-state index < -0.39 is 0 Å². The minimum absolute atomic E-state index is 0.460. The molecule has 1 aliphatic rings. The van der Waals surface area contributed by atoms with Crippen LogP contribution in [0.15, 0.2) is 6.20 Å². The first-order valence-corrected chi connectivity index (χ1v) is 9.38. The number of aryl methyl sites for hydroxylation is 1. The van der Waals surface area contributed by atoms with Crippen molar-refractivity contribution in [3.8, 4) is 0 Å². The molecule has 2 rings (SSSR count). The van der Waals surface area contributed by atoms with Crippen molar-refractivity contribution in [3.63, 3.8) is 0 Å². The fraction of sp³-hybridized carbons (Fsp3) is 0.882. The third-order valence-electron chi connectivity index (χ3n) is 3.93. The maximum absolute atomic E-state index is 5.57. The first-order chi connectivity index (χ1) is 12.9. The molecular formula is C17H32N4O5. The summed E-state index contributed by atoms with van der Waals surface area (Å²) in [6.45, 7) is 12.1. The summed E-state index contributed by atoms with van der Waals surface area (Å²) in [5, 5.41) is 7.96. The summed E-state index contributed by atoms with van der Waals surface area (Å²) in [7, 11) is 0. The number of aromatic nitrogens is 3. The van der Waals surface area contributed by atoms with Gasteiger partial charge < -0.3 is 23.7 Å². The molecule has 1 aromatic rings. The van der Waals surface area contributed by atoms with Gasteiger partial charge in [-0.2, -0.15) is 0 Å². The van der Waals surface area contributed by atoms with E-state index in [4.69, 9.17) is 23.7 Å². The number of hydrogen-bond donors (Lipinski definition) is 0. The van der Waals surface area contributed by atoms with Gasteiger partial charge in [-0.15, -0.1) is 5.10 Å². The summed E-state index contributed by atoms with van der Waals surface area (Å²) >= 11 is 0. The van der Waals surface area contributed by atoms with Crippen molar-refractivity contribution in [2.45, 2.75) is 20.1 Å². The molecule has 26 heavy (non-hydrogen) atoms. The van der Waals surface area contributed by atoms with Crippen LogP contribution in [0.1, 0.15) is 12.6 Å². The van der Waals surface area contributed by atoms with E-state index in [1.54, 1.807) is 4.68 Å². The minimum atomic E-state index is 0.460. The number of rotatable bonds is 15. The van der Waals surface area contributed by atoms with Gasteiger partial charge in [0, 0.05) is 26.2 Å². The van der Waals surface area contributed by atoms with Crippen LogP contribution in [0.25, 0.3) is 0 Å². The van der Waals surface area contributed by atoms with Crippen LogP contribution in [-0.2, 0) is 36.8 Å². The zero-order chi connectivity index (χ0) is 18.3. The second kappa shape index (κ2) is 14.0. The summed E-state index contributed by atoms with van der Waals surface area (Å²) in [4.78, 5) is 2.35. The van der Waals surface area contributed by atoms with Crippen LogP contribution in [-0.4, -0.2) is 99.0 Å². The van der Waals surface area contributed by atoms with Crippen LogP contribution in [0.3, 0.4) is 0 Å². The SMILES string of the molecule is CCn1cc(COCCOCCOCCOCCN2CCOCC2)nn1. The molecule has 0 N–H and O–H groups in total. The Morgan fingerprint density at radius 3 is 2.15 bits per heavy atom. The van der Waals surface area contributed by atoms with E-state index in [2.05, 4.69) is 15.2 Å². The average molecular weight is 372 g/mol. The van der Waals surface area contributed by atoms with Crippen LogP contribution in [0.4, 0.5) is 0 Å². The van der Waals surface area contributed by atoms with E-state index in [1.165, 1.54) is 0 Å². The van der Waals surface area contributed by atoms with Gasteiger partial charge >= 0.3 is 0 Å². The highest BCUT2D eigenvalue weighted by atomic mass is 16.6. The lowest BCUT2D eigenvalue weighted by molar-refractivity contribution is -0.0117. The smallest absolute Gasteiger partial charge is 0.108 e. The Bertz CT molecular complexity index is 454. The van der Waals surface area contributed by atoms with E-state index in [0.29, 0.717) is 46.2 Å². The van der Waals surface area contributed by atoms with Crippen LogP contribution in [0.2, 0.25) is 0 Å². The van der Waals surface area contributed by atoms with Gasteiger partial charge in [-0.25, -0.2) is 0 Å². The van der Waals surface area contributed by atoms with Crippen molar-refractivity contribution in [3.05, 3.63) is 11.9 Å². The number of ether oxygens (including phenoxy) is 5. The maximum atomic E-state index is 5.57. The molecule has 0 spiro atoms. The number of morpholine rings is 1. The fourth-order valence-corrected chi connectivity index (χ4v) is 2.41. The summed E-state index contributed by atoms with van der Waals surface area (Å²) < 4.78 is 29.1. The van der Waals surface area contributed by atoms with Crippen LogP contribution < -0.4 is 0 Å². The number of hydrogen-bond acceptors (Lipinski definition) is 8. The molecule has 9 nitrogen and oxygen atoms in total. The summed E-state index contributed by atoms with van der Waals surface area (Å²) in [6.07, 6.45) is 1.89. The fourth-order valence-electron chi connectivity index (χ4n) is 2.41. The van der Waals surface area contributed by atoms with Crippen LogP contribution >= 0.6 is 0 Å². The van der Waals surface area contributed by atoms with Crippen molar-refractivity contribution in [2.75, 3.05) is 79.1 Å². The van der Waals surface area contributed by atoms with Gasteiger partial charge in [0.05, 0.1) is 72.3 Å². The Morgan fingerprint density at radius 1 is 0.923 bits per heavy atom. The molecule has 9 heteroatoms. The highest BCUT2D eigenvalue weighted by molar-refractivity contribution is 4.89. The Morgan fingerprint density at radius 2 is 1.54 bits per heavy atom. The molecule has 1 aliphatic heterocycles. The van der Waals surface area contributed by atoms with Gasteiger partial charge in [-0.05, 0) is 6.92 Å². The lowest BCUT2D eigenvalue weighted by atomic mass is 10.4. The molecule has 2 heterocycles. The molecule has 0 aliphatic carbocycles. The van der Waals surface area contributed by atoms with Crippen molar-refractivity contribution < 1.29 is 23.7 Å². The summed E-state index contributed by atoms with van der Waals surface area (Å²) in [5.74, 6) is 0. The summed E-state index contributed by atoms with van der Waals surface area (Å²) in [5.41, 5.74) is 0.837. The van der Waals surface area contributed by atoms with Crippen LogP contribution in [0.5, 0.6) is 0 Å². The van der Waals surface area contributed by atoms with Crippen molar-refractivity contribution in [1.82, 2.24) is 19.9 Å². The van der Waals surface area contributed by atoms with Crippen molar-refractivity contribution in [2.24, 2.45) is 0 Å². The quantitative estimate of drug-likeness (QED) is 0.404. The molecule has 0 radical (unpaired) electrons. The van der Waals surface area contributed by atoms with E-state index in [1.807, 2.05) is 13.1 Å². The second-order valence-electron chi connectivity index (χ2n) is 5.91. The van der Waals surface area contributed by atoms with E-state index in [9.17, 15) is 0 Å². The Balaban J connectivity index is 1.28. The molecule has 1 saturated heterocycles. The largest absolute Gasteiger partial charge is 0.379 e. The highest BCUT2D eigenvalue weighted by Gasteiger charge is 2.09. The molecule has 150 valence electrons. The maximum Gasteiger partial charge on any atom is 0.108 e. The first kappa shape index (κ1) is 21.2. The lowest BCUT2D eigenvalue weighted by Crippen LogP contribution is -2.38. The molecule has 0 amide bonds. The van der Waals surface area contributed by atoms with Gasteiger partial charge in [-0.3, -0.25) is 9.58 Å². The van der Waals surface area contributed by atoms with Gasteiger partial charge in [0.25, 0.3) is 0 Å². The highest BCUT2D eigenvalue weighted by Crippen LogP contribution is 1.96. The Kier molecular flexibility index (Phi) is 11.4. The zero-order valence-corrected chi connectivity index (χ0v) is 15.8. The van der Waals surface area contributed by atoms with Gasteiger partial charge in [0.1, 0.15) is 5.69 Å². The Labute approximate surface area is 155 Å². The minimum Gasteiger partial charge on any atom is -0.379 e. The molecule has 1 fully saturated rings. The topological polar surface area (TPSA) is 80.1 Å². The zero-order valence-electron chi connectivity index (χ0n) is 15.8. The third-order valence-corrected chi connectivity index (χ3v) is 3.93. The van der Waals surface area contributed by atoms with E-state index in [-0.39, 0.29) is 0 Å². The van der Waals surface area contributed by atoms with E-state index in [0.717, 1.165) is 51.7 Å². The summed E-state index contributed by atoms with van der Waals surface area (Å²) in [6, 6.07) is 0. The molecule has 0 saturated carbocycles.